The molecule has 0 spiro atoms. The first kappa shape index (κ1) is 23.7. The Morgan fingerprint density at radius 1 is 0.929 bits per heavy atom. The molecule has 0 saturated heterocycles. The molecule has 2 rings (SSSR count). The summed E-state index contributed by atoms with van der Waals surface area (Å²) < 4.78 is 5.25. The van der Waals surface area contributed by atoms with Crippen LogP contribution in [0.2, 0.25) is 17.2 Å². The number of benzene rings is 1. The number of hydrogen-bond donors (Lipinski definition) is 0. The maximum atomic E-state index is 12.9. The molecule has 2 heteroatoms. The minimum absolute atomic E-state index is 0.279. The van der Waals surface area contributed by atoms with E-state index in [9.17, 15) is 4.79 Å². The monoisotopic (exact) mass is 490 g/mol. The molecule has 1 aromatic rings. The van der Waals surface area contributed by atoms with Crippen molar-refractivity contribution in [1.29, 1.82) is 0 Å². The first-order valence-corrected chi connectivity index (χ1v) is 19.5. The van der Waals surface area contributed by atoms with Gasteiger partial charge in [0.15, 0.2) is 0 Å². The van der Waals surface area contributed by atoms with Crippen LogP contribution in [0.3, 0.4) is 0 Å². The van der Waals surface area contributed by atoms with Gasteiger partial charge < -0.3 is 0 Å². The fourth-order valence-electron chi connectivity index (χ4n) is 5.41. The third-order valence-corrected chi connectivity index (χ3v) is 24.9. The molecule has 0 fully saturated rings. The number of ketones is 1. The van der Waals surface area contributed by atoms with E-state index in [2.05, 4.69) is 57.2 Å². The molecule has 2 atom stereocenters. The van der Waals surface area contributed by atoms with Crippen molar-refractivity contribution in [3.63, 3.8) is 0 Å². The Bertz CT molecular complexity index is 597. The molecule has 1 aliphatic carbocycles. The average molecular weight is 489 g/mol. The van der Waals surface area contributed by atoms with Crippen molar-refractivity contribution in [1.82, 2.24) is 0 Å². The second-order valence-corrected chi connectivity index (χ2v) is 23.2. The van der Waals surface area contributed by atoms with E-state index < -0.39 is 18.4 Å². The van der Waals surface area contributed by atoms with Crippen molar-refractivity contribution in [3.05, 3.63) is 42.0 Å². The van der Waals surface area contributed by atoms with Crippen molar-refractivity contribution in [2.45, 2.75) is 96.3 Å². The summed E-state index contributed by atoms with van der Waals surface area (Å²) in [7, 11) is 0. The van der Waals surface area contributed by atoms with E-state index in [1.807, 2.05) is 6.92 Å². The third-order valence-electron chi connectivity index (χ3n) is 7.08. The number of unbranched alkanes of at least 4 members (excludes halogenated alkanes) is 3. The number of carbonyl (C=O) groups excluding carboxylic acids is 1. The van der Waals surface area contributed by atoms with E-state index in [1.165, 1.54) is 69.4 Å². The number of carbonyl (C=O) groups is 1. The predicted octanol–water partition coefficient (Wildman–Crippen LogP) is 8.29. The van der Waals surface area contributed by atoms with Crippen LogP contribution in [0.1, 0.15) is 84.6 Å². The van der Waals surface area contributed by atoms with Gasteiger partial charge in [-0.3, -0.25) is 0 Å². The first-order valence-electron chi connectivity index (χ1n) is 11.8. The fourth-order valence-corrected chi connectivity index (χ4v) is 25.0. The zero-order valence-electron chi connectivity index (χ0n) is 18.8. The quantitative estimate of drug-likeness (QED) is 0.270. The summed E-state index contributed by atoms with van der Waals surface area (Å²) in [6.45, 7) is 8.90. The van der Waals surface area contributed by atoms with Gasteiger partial charge in [0, 0.05) is 0 Å². The molecule has 0 heterocycles. The fraction of sp³-hybridized carbons (Fsp3) is 0.654. The van der Waals surface area contributed by atoms with Crippen LogP contribution in [-0.2, 0) is 4.79 Å². The molecule has 0 aliphatic heterocycles. The summed E-state index contributed by atoms with van der Waals surface area (Å²) in [6.07, 6.45) is 12.8. The van der Waals surface area contributed by atoms with Gasteiger partial charge in [-0.15, -0.1) is 0 Å². The van der Waals surface area contributed by atoms with E-state index >= 15 is 0 Å². The van der Waals surface area contributed by atoms with Gasteiger partial charge in [-0.25, -0.2) is 0 Å². The molecular formula is C26H42OSn. The molecule has 0 aromatic heterocycles. The summed E-state index contributed by atoms with van der Waals surface area (Å²) in [4.78, 5) is 12.9. The van der Waals surface area contributed by atoms with E-state index in [0.717, 1.165) is 10.4 Å². The molecular weight excluding hydrogens is 447 g/mol. The van der Waals surface area contributed by atoms with Crippen molar-refractivity contribution in [2.75, 3.05) is 0 Å². The SMILES string of the molecule is CCC[CH2][Sn]([CH2]CCC)([CH2]CCC)[C@H]1CC=C(c2ccccc2)C[C@@H]1C(C)=O. The van der Waals surface area contributed by atoms with Gasteiger partial charge in [-0.1, -0.05) is 0 Å². The Balaban J connectivity index is 2.37. The Hall–Kier alpha value is -0.571. The second-order valence-electron chi connectivity index (χ2n) is 9.03. The molecule has 1 nitrogen and oxygen atoms in total. The van der Waals surface area contributed by atoms with Crippen molar-refractivity contribution < 1.29 is 4.79 Å². The van der Waals surface area contributed by atoms with E-state index in [1.54, 1.807) is 0 Å². The summed E-state index contributed by atoms with van der Waals surface area (Å²) in [6, 6.07) is 10.8. The van der Waals surface area contributed by atoms with Gasteiger partial charge in [-0.2, -0.15) is 0 Å². The predicted molar refractivity (Wildman–Crippen MR) is 126 cm³/mol. The van der Waals surface area contributed by atoms with Crippen molar-refractivity contribution >= 4 is 29.7 Å². The molecule has 0 saturated carbocycles. The minimum atomic E-state index is -2.41. The standard InChI is InChI=1S/C14H15O.3C4H9.Sn/c1-11(15)13-8-5-9-14(10-13)12-6-3-2-4-7-12;3*1-3-4-2;/h2-4,6-9,13H,5,10H2,1H3;3*1,3-4H2,2H3;/t13-;;;;/m1..../s1. The van der Waals surface area contributed by atoms with Gasteiger partial charge in [0.2, 0.25) is 0 Å². The molecule has 1 aromatic carbocycles. The van der Waals surface area contributed by atoms with E-state index in [-0.39, 0.29) is 5.92 Å². The van der Waals surface area contributed by atoms with Crippen LogP contribution in [0.15, 0.2) is 36.4 Å². The first-order chi connectivity index (χ1) is 13.6. The van der Waals surface area contributed by atoms with Gasteiger partial charge in [0.1, 0.15) is 0 Å². The van der Waals surface area contributed by atoms with Crippen LogP contribution in [0.4, 0.5) is 0 Å². The third kappa shape index (κ3) is 6.21. The second kappa shape index (κ2) is 12.2. The van der Waals surface area contributed by atoms with Crippen LogP contribution in [0.5, 0.6) is 0 Å². The Kier molecular flexibility index (Phi) is 10.3. The average Bonchev–Trinajstić information content (AvgIpc) is 2.74. The van der Waals surface area contributed by atoms with Gasteiger partial charge in [0.05, 0.1) is 0 Å². The summed E-state index contributed by atoms with van der Waals surface area (Å²) in [5.41, 5.74) is 2.74. The van der Waals surface area contributed by atoms with E-state index in [4.69, 9.17) is 0 Å². The topological polar surface area (TPSA) is 17.1 Å². The molecule has 0 radical (unpaired) electrons. The van der Waals surface area contributed by atoms with Crippen molar-refractivity contribution in [3.8, 4) is 0 Å². The number of Topliss-reactive ketones (excluding diaryl/α,β-unsaturated/α-hetero) is 1. The summed E-state index contributed by atoms with van der Waals surface area (Å²) >= 11 is -2.41. The molecule has 0 bridgehead atoms. The Morgan fingerprint density at radius 3 is 1.93 bits per heavy atom. The van der Waals surface area contributed by atoms with Crippen molar-refractivity contribution in [2.24, 2.45) is 5.92 Å². The number of rotatable bonds is 12. The molecule has 28 heavy (non-hydrogen) atoms. The zero-order valence-corrected chi connectivity index (χ0v) is 21.7. The van der Waals surface area contributed by atoms with Crippen LogP contribution >= 0.6 is 0 Å². The maximum absolute atomic E-state index is 12.9. The van der Waals surface area contributed by atoms with Crippen LogP contribution < -0.4 is 0 Å². The number of allylic oxidation sites excluding steroid dienone is 2. The molecule has 156 valence electrons. The molecule has 0 amide bonds. The normalized spacial score (nSPS) is 20.1. The number of hydrogen-bond acceptors (Lipinski definition) is 1. The molecule has 0 unspecified atom stereocenters. The Labute approximate surface area is 178 Å². The van der Waals surface area contributed by atoms with Crippen LogP contribution in [-0.4, -0.2) is 24.2 Å². The van der Waals surface area contributed by atoms with Gasteiger partial charge >= 0.3 is 179 Å². The van der Waals surface area contributed by atoms with Gasteiger partial charge in [-0.05, 0) is 0 Å². The molecule has 0 N–H and O–H groups in total. The summed E-state index contributed by atoms with van der Waals surface area (Å²) in [5.74, 6) is 0.735. The van der Waals surface area contributed by atoms with Crippen LogP contribution in [0, 0.1) is 5.92 Å². The molecule has 1 aliphatic rings. The Morgan fingerprint density at radius 2 is 1.46 bits per heavy atom. The zero-order chi connectivity index (χ0) is 20.4. The van der Waals surface area contributed by atoms with E-state index in [0.29, 0.717) is 5.78 Å². The summed E-state index contributed by atoms with van der Waals surface area (Å²) in [5, 5.41) is 0. The van der Waals surface area contributed by atoms with Crippen LogP contribution in [0.25, 0.3) is 5.57 Å². The van der Waals surface area contributed by atoms with Gasteiger partial charge in [0.25, 0.3) is 0 Å².